The van der Waals surface area contributed by atoms with Gasteiger partial charge in [0.15, 0.2) is 0 Å². The largest absolute Gasteiger partial charge is 0.499 e. The van der Waals surface area contributed by atoms with E-state index < -0.39 is 8.07 Å². The van der Waals surface area contributed by atoms with Crippen LogP contribution in [0.15, 0.2) is 114 Å². The van der Waals surface area contributed by atoms with Gasteiger partial charge in [-0.2, -0.15) is 0 Å². The van der Waals surface area contributed by atoms with Crippen LogP contribution in [0.3, 0.4) is 0 Å². The summed E-state index contributed by atoms with van der Waals surface area (Å²) in [7, 11) is -1.39. The molecule has 0 aliphatic rings. The van der Waals surface area contributed by atoms with Crippen LogP contribution in [-0.2, 0) is 31.9 Å². The molecule has 0 fully saturated rings. The third kappa shape index (κ3) is 8.45. The standard InChI is InChI=1S/C29H25N4O.C22H26NSi.Ir/c1-17-13-23-21-7-6-8-22(27(21)34-26(23)16-31-17)28-32-24-14-18(2)30-15-25(24)33(28)20-11-9-19(10-12-20)29(3,4)5;1-16(2)13-18-14-21(23-15-22(18)24(3,4)5)20-12-8-10-17-9-6-7-11-19(17)20;/h6-7,9-16H,1-5H3;6-11,14-16H,13H2,1-5H3;/q2*-1;. The molecule has 4 aromatic carbocycles. The summed E-state index contributed by atoms with van der Waals surface area (Å²) in [6, 6.07) is 38.5. The molecule has 0 spiro atoms. The van der Waals surface area contributed by atoms with Crippen molar-refractivity contribution in [1.29, 1.82) is 0 Å². The van der Waals surface area contributed by atoms with Gasteiger partial charge in [0.25, 0.3) is 0 Å². The Kier molecular flexibility index (Phi) is 11.6. The van der Waals surface area contributed by atoms with Crippen LogP contribution in [0.5, 0.6) is 0 Å². The predicted octanol–water partition coefficient (Wildman–Crippen LogP) is 12.5. The molecule has 0 saturated heterocycles. The van der Waals surface area contributed by atoms with Crippen LogP contribution in [0.2, 0.25) is 19.6 Å². The van der Waals surface area contributed by atoms with Crippen LogP contribution in [-0.4, -0.2) is 32.6 Å². The Morgan fingerprint density at radius 1 is 0.746 bits per heavy atom. The van der Waals surface area contributed by atoms with E-state index in [0.717, 1.165) is 79.1 Å². The van der Waals surface area contributed by atoms with E-state index in [1.807, 2.05) is 44.3 Å². The van der Waals surface area contributed by atoms with Gasteiger partial charge in [0.1, 0.15) is 5.58 Å². The van der Waals surface area contributed by atoms with E-state index in [0.29, 0.717) is 5.92 Å². The van der Waals surface area contributed by atoms with Gasteiger partial charge >= 0.3 is 0 Å². The van der Waals surface area contributed by atoms with Crippen molar-refractivity contribution in [2.45, 2.75) is 79.9 Å². The van der Waals surface area contributed by atoms with Crippen molar-refractivity contribution in [1.82, 2.24) is 24.5 Å². The van der Waals surface area contributed by atoms with E-state index in [4.69, 9.17) is 14.4 Å². The number of imidazole rings is 1. The van der Waals surface area contributed by atoms with E-state index in [2.05, 4.69) is 154 Å². The normalized spacial score (nSPS) is 12.0. The topological polar surface area (TPSA) is 69.6 Å². The molecule has 0 N–H and O–H groups in total. The number of pyridine rings is 3. The first-order valence-electron chi connectivity index (χ1n) is 20.2. The van der Waals surface area contributed by atoms with Crippen LogP contribution >= 0.6 is 0 Å². The average molecular weight is 970 g/mol. The molecule has 0 bridgehead atoms. The van der Waals surface area contributed by atoms with Gasteiger partial charge in [0.05, 0.1) is 42.9 Å². The summed E-state index contributed by atoms with van der Waals surface area (Å²) < 4.78 is 8.45. The molecule has 5 aromatic heterocycles. The van der Waals surface area contributed by atoms with Gasteiger partial charge < -0.3 is 14.0 Å². The first-order chi connectivity index (χ1) is 27.7. The van der Waals surface area contributed by atoms with Gasteiger partial charge in [0.2, 0.25) is 0 Å². The maximum atomic E-state index is 6.30. The Balaban J connectivity index is 0.000000187. The van der Waals surface area contributed by atoms with E-state index >= 15 is 0 Å². The second kappa shape index (κ2) is 16.4. The summed E-state index contributed by atoms with van der Waals surface area (Å²) in [5.74, 6) is 1.42. The van der Waals surface area contributed by atoms with Gasteiger partial charge in [-0.1, -0.05) is 119 Å². The Morgan fingerprint density at radius 3 is 2.17 bits per heavy atom. The number of aryl methyl sites for hydroxylation is 2. The number of benzene rings is 4. The molecular formula is C51H51IrN5OSi-2. The van der Waals surface area contributed by atoms with E-state index in [-0.39, 0.29) is 25.5 Å². The quantitative estimate of drug-likeness (QED) is 0.123. The van der Waals surface area contributed by atoms with Gasteiger partial charge in [-0.25, -0.2) is 0 Å². The number of furan rings is 1. The average Bonchev–Trinajstić information content (AvgIpc) is 3.75. The number of fused-ring (bicyclic) bond motifs is 5. The second-order valence-electron chi connectivity index (χ2n) is 17.9. The molecule has 6 nitrogen and oxygen atoms in total. The molecule has 59 heavy (non-hydrogen) atoms. The zero-order valence-electron chi connectivity index (χ0n) is 35.7. The predicted molar refractivity (Wildman–Crippen MR) is 244 cm³/mol. The fraction of sp³-hybridized carbons (Fsp3) is 0.255. The Hall–Kier alpha value is -5.27. The van der Waals surface area contributed by atoms with Crippen molar-refractivity contribution >= 4 is 57.0 Å². The molecule has 0 saturated carbocycles. The third-order valence-corrected chi connectivity index (χ3v) is 12.8. The summed E-state index contributed by atoms with van der Waals surface area (Å²) in [6.07, 6.45) is 6.93. The first kappa shape index (κ1) is 41.9. The van der Waals surface area contributed by atoms with Crippen LogP contribution in [0.1, 0.15) is 57.1 Å². The number of hydrogen-bond acceptors (Lipinski definition) is 5. The molecule has 0 aliphatic carbocycles. The molecule has 0 amide bonds. The van der Waals surface area contributed by atoms with E-state index in [9.17, 15) is 0 Å². The second-order valence-corrected chi connectivity index (χ2v) is 23.0. The maximum Gasteiger partial charge on any atom is 0.139 e. The Bertz CT molecular complexity index is 2940. The van der Waals surface area contributed by atoms with Crippen molar-refractivity contribution < 1.29 is 24.5 Å². The minimum absolute atomic E-state index is 0. The van der Waals surface area contributed by atoms with Crippen LogP contribution < -0.4 is 5.19 Å². The van der Waals surface area contributed by atoms with Crippen molar-refractivity contribution in [2.24, 2.45) is 5.92 Å². The fourth-order valence-electron chi connectivity index (χ4n) is 7.83. The van der Waals surface area contributed by atoms with Gasteiger partial charge in [-0.15, -0.1) is 47.3 Å². The molecule has 0 atom stereocenters. The van der Waals surface area contributed by atoms with Crippen molar-refractivity contribution in [2.75, 3.05) is 0 Å². The molecule has 5 heterocycles. The van der Waals surface area contributed by atoms with Crippen LogP contribution in [0.4, 0.5) is 0 Å². The molecular weight excluding hydrogens is 919 g/mol. The third-order valence-electron chi connectivity index (χ3n) is 10.8. The summed E-state index contributed by atoms with van der Waals surface area (Å²) in [4.78, 5) is 18.9. The van der Waals surface area contributed by atoms with Gasteiger partial charge in [-0.05, 0) is 72.3 Å². The van der Waals surface area contributed by atoms with Crippen molar-refractivity contribution in [3.63, 3.8) is 0 Å². The minimum Gasteiger partial charge on any atom is -0.499 e. The molecule has 301 valence electrons. The zero-order valence-corrected chi connectivity index (χ0v) is 39.0. The van der Waals surface area contributed by atoms with Crippen molar-refractivity contribution in [3.05, 3.63) is 144 Å². The summed E-state index contributed by atoms with van der Waals surface area (Å²) >= 11 is 0. The van der Waals surface area contributed by atoms with Gasteiger partial charge in [0, 0.05) is 48.8 Å². The monoisotopic (exact) mass is 970 g/mol. The summed E-state index contributed by atoms with van der Waals surface area (Å²) in [5.41, 5.74) is 12.1. The molecule has 0 aliphatic heterocycles. The van der Waals surface area contributed by atoms with E-state index in [1.54, 1.807) is 6.20 Å². The summed E-state index contributed by atoms with van der Waals surface area (Å²) in [5, 5.41) is 6.04. The molecule has 9 aromatic rings. The molecule has 8 heteroatoms. The smallest absolute Gasteiger partial charge is 0.139 e. The number of nitrogens with zero attached hydrogens (tertiary/aromatic N) is 5. The van der Waals surface area contributed by atoms with Crippen LogP contribution in [0, 0.1) is 31.9 Å². The van der Waals surface area contributed by atoms with E-state index in [1.165, 1.54) is 27.1 Å². The molecule has 9 rings (SSSR count). The number of rotatable bonds is 6. The minimum atomic E-state index is -1.39. The Morgan fingerprint density at radius 2 is 1.44 bits per heavy atom. The van der Waals surface area contributed by atoms with Crippen molar-refractivity contribution in [3.8, 4) is 28.3 Å². The number of aromatic nitrogens is 5. The zero-order chi connectivity index (χ0) is 40.9. The number of hydrogen-bond donors (Lipinski definition) is 0. The maximum absolute atomic E-state index is 6.30. The fourth-order valence-corrected chi connectivity index (χ4v) is 9.42. The first-order valence-corrected chi connectivity index (χ1v) is 23.7. The molecule has 0 unspecified atom stereocenters. The van der Waals surface area contributed by atoms with Crippen LogP contribution in [0.25, 0.3) is 72.1 Å². The van der Waals surface area contributed by atoms with Gasteiger partial charge in [-0.3, -0.25) is 15.0 Å². The Labute approximate surface area is 362 Å². The summed E-state index contributed by atoms with van der Waals surface area (Å²) in [6.45, 7) is 22.4. The SMILES string of the molecule is CC(C)Cc1cc(-c2[c-]ccc3ccccc23)ncc1[Si](C)(C)C.Cc1cc2nc(-c3[c-]ccc4c3oc3cnc(C)cc34)n(-c3ccc(C(C)(C)C)cc3)c2cn1.[Ir]. The molecule has 1 radical (unpaired) electrons.